The monoisotopic (exact) mass is 238 g/mol. The van der Waals surface area contributed by atoms with Crippen molar-refractivity contribution in [2.45, 2.75) is 20.0 Å². The summed E-state index contributed by atoms with van der Waals surface area (Å²) in [4.78, 5) is 10.9. The predicted octanol–water partition coefficient (Wildman–Crippen LogP) is 1.17. The summed E-state index contributed by atoms with van der Waals surface area (Å²) in [5.74, 6) is 0.0220. The van der Waals surface area contributed by atoms with Gasteiger partial charge in [0.2, 0.25) is 5.91 Å². The van der Waals surface area contributed by atoms with E-state index in [2.05, 4.69) is 0 Å². The molecule has 0 aliphatic rings. The van der Waals surface area contributed by atoms with Crippen molar-refractivity contribution >= 4 is 11.6 Å². The maximum absolute atomic E-state index is 10.9. The van der Waals surface area contributed by atoms with Gasteiger partial charge in [0, 0.05) is 5.56 Å². The van der Waals surface area contributed by atoms with E-state index < -0.39 is 5.91 Å². The Kier molecular flexibility index (Phi) is 4.78. The van der Waals surface area contributed by atoms with Gasteiger partial charge in [-0.05, 0) is 32.0 Å². The zero-order valence-corrected chi connectivity index (χ0v) is 10.1. The molecule has 1 rings (SSSR count). The normalized spacial score (nSPS) is 10.5. The lowest BCUT2D eigenvalue weighted by Gasteiger charge is -2.11. The van der Waals surface area contributed by atoms with Gasteiger partial charge in [-0.25, -0.2) is 0 Å². The summed E-state index contributed by atoms with van der Waals surface area (Å²) in [7, 11) is 0. The van der Waals surface area contributed by atoms with Gasteiger partial charge >= 0.3 is 0 Å². The third-order valence-electron chi connectivity index (χ3n) is 2.09. The molecule has 0 aliphatic carbocycles. The molecular formula is C12H18N2O3. The van der Waals surface area contributed by atoms with Crippen LogP contribution in [0.1, 0.15) is 24.2 Å². The average Bonchev–Trinajstić information content (AvgIpc) is 2.25. The number of hydrogen-bond donors (Lipinski definition) is 2. The molecule has 94 valence electrons. The Bertz CT molecular complexity index is 391. The van der Waals surface area contributed by atoms with E-state index >= 15 is 0 Å². The highest BCUT2D eigenvalue weighted by Crippen LogP contribution is 2.22. The van der Waals surface area contributed by atoms with Crippen molar-refractivity contribution in [1.29, 1.82) is 0 Å². The smallest absolute Gasteiger partial charge is 0.248 e. The minimum atomic E-state index is -0.508. The molecule has 4 N–H and O–H groups in total. The van der Waals surface area contributed by atoms with Crippen molar-refractivity contribution in [3.8, 4) is 5.75 Å². The Labute approximate surface area is 101 Å². The third kappa shape index (κ3) is 4.32. The molecular weight excluding hydrogens is 220 g/mol. The van der Waals surface area contributed by atoms with Crippen LogP contribution in [0, 0.1) is 0 Å². The number of carbonyl (C=O) groups is 1. The molecule has 5 heteroatoms. The fourth-order valence-electron chi connectivity index (χ4n) is 1.27. The molecule has 0 atom stereocenters. The maximum atomic E-state index is 10.9. The molecule has 0 bridgehead atoms. The molecule has 1 aromatic carbocycles. The zero-order chi connectivity index (χ0) is 12.8. The lowest BCUT2D eigenvalue weighted by molar-refractivity contribution is 0.0554. The average molecular weight is 238 g/mol. The fourth-order valence-corrected chi connectivity index (χ4v) is 1.27. The number of anilines is 1. The van der Waals surface area contributed by atoms with E-state index in [4.69, 9.17) is 20.9 Å². The molecule has 0 spiro atoms. The maximum Gasteiger partial charge on any atom is 0.248 e. The van der Waals surface area contributed by atoms with E-state index in [0.717, 1.165) is 0 Å². The van der Waals surface area contributed by atoms with Gasteiger partial charge < -0.3 is 20.9 Å². The van der Waals surface area contributed by atoms with Crippen molar-refractivity contribution in [3.63, 3.8) is 0 Å². The van der Waals surface area contributed by atoms with Crippen LogP contribution in [0.4, 0.5) is 5.69 Å². The van der Waals surface area contributed by atoms with Crippen molar-refractivity contribution in [1.82, 2.24) is 0 Å². The summed E-state index contributed by atoms with van der Waals surface area (Å²) in [6, 6.07) is 4.71. The second kappa shape index (κ2) is 6.10. The van der Waals surface area contributed by atoms with Gasteiger partial charge in [0.05, 0.1) is 18.4 Å². The van der Waals surface area contributed by atoms with Crippen molar-refractivity contribution in [3.05, 3.63) is 23.8 Å². The summed E-state index contributed by atoms with van der Waals surface area (Å²) in [6.45, 7) is 4.82. The largest absolute Gasteiger partial charge is 0.489 e. The van der Waals surface area contributed by atoms with Crippen molar-refractivity contribution in [2.75, 3.05) is 18.9 Å². The number of ether oxygens (including phenoxy) is 2. The Morgan fingerprint density at radius 2 is 2.06 bits per heavy atom. The van der Waals surface area contributed by atoms with Crippen molar-refractivity contribution in [2.24, 2.45) is 5.73 Å². The molecule has 0 fully saturated rings. The molecule has 0 unspecified atom stereocenters. The summed E-state index contributed by atoms with van der Waals surface area (Å²) >= 11 is 0. The summed E-state index contributed by atoms with van der Waals surface area (Å²) in [6.07, 6.45) is 0.174. The first-order valence-electron chi connectivity index (χ1n) is 5.44. The summed E-state index contributed by atoms with van der Waals surface area (Å²) < 4.78 is 10.7. The first-order chi connectivity index (χ1) is 8.00. The minimum Gasteiger partial charge on any atom is -0.489 e. The number of primary amides is 1. The van der Waals surface area contributed by atoms with Crippen LogP contribution < -0.4 is 16.2 Å². The van der Waals surface area contributed by atoms with E-state index in [1.165, 1.54) is 6.07 Å². The Morgan fingerprint density at radius 3 is 2.59 bits per heavy atom. The lowest BCUT2D eigenvalue weighted by atomic mass is 10.2. The molecule has 1 amide bonds. The summed E-state index contributed by atoms with van der Waals surface area (Å²) in [5.41, 5.74) is 11.6. The Morgan fingerprint density at radius 1 is 1.35 bits per heavy atom. The van der Waals surface area contributed by atoms with E-state index in [9.17, 15) is 4.79 Å². The number of nitrogen functional groups attached to an aromatic ring is 1. The highest BCUT2D eigenvalue weighted by atomic mass is 16.5. The highest BCUT2D eigenvalue weighted by molar-refractivity contribution is 5.94. The number of amides is 1. The molecule has 0 aromatic heterocycles. The van der Waals surface area contributed by atoms with Gasteiger partial charge in [-0.1, -0.05) is 0 Å². The summed E-state index contributed by atoms with van der Waals surface area (Å²) in [5, 5.41) is 0. The van der Waals surface area contributed by atoms with Crippen LogP contribution in [0.2, 0.25) is 0 Å². The quantitative estimate of drug-likeness (QED) is 0.575. The molecule has 1 aromatic rings. The van der Waals surface area contributed by atoms with Crippen LogP contribution in [0.3, 0.4) is 0 Å². The second-order valence-corrected chi connectivity index (χ2v) is 3.88. The van der Waals surface area contributed by atoms with Crippen LogP contribution in [-0.4, -0.2) is 25.2 Å². The molecule has 0 radical (unpaired) electrons. The first kappa shape index (κ1) is 13.3. The third-order valence-corrected chi connectivity index (χ3v) is 2.09. The van der Waals surface area contributed by atoms with Crippen LogP contribution in [0.15, 0.2) is 18.2 Å². The standard InChI is InChI=1S/C12H18N2O3/c1-8(2)16-5-6-17-11-4-3-9(12(14)15)7-10(11)13/h3-4,7-8H,5-6,13H2,1-2H3,(H2,14,15). The van der Waals surface area contributed by atoms with Gasteiger partial charge in [0.25, 0.3) is 0 Å². The van der Waals surface area contributed by atoms with Crippen molar-refractivity contribution < 1.29 is 14.3 Å². The number of hydrogen-bond acceptors (Lipinski definition) is 4. The Balaban J connectivity index is 2.52. The van der Waals surface area contributed by atoms with E-state index in [-0.39, 0.29) is 6.10 Å². The van der Waals surface area contributed by atoms with Crippen LogP contribution in [0.5, 0.6) is 5.75 Å². The highest BCUT2D eigenvalue weighted by Gasteiger charge is 2.05. The molecule has 0 saturated carbocycles. The van der Waals surface area contributed by atoms with Gasteiger partial charge in [-0.3, -0.25) is 4.79 Å². The number of carbonyl (C=O) groups excluding carboxylic acids is 1. The van der Waals surface area contributed by atoms with Crippen LogP contribution in [-0.2, 0) is 4.74 Å². The molecule has 0 heterocycles. The van der Waals surface area contributed by atoms with Gasteiger partial charge in [0.1, 0.15) is 12.4 Å². The van der Waals surface area contributed by atoms with E-state index in [1.807, 2.05) is 13.8 Å². The van der Waals surface area contributed by atoms with Gasteiger partial charge in [-0.2, -0.15) is 0 Å². The minimum absolute atomic E-state index is 0.174. The van der Waals surface area contributed by atoms with Crippen LogP contribution in [0.25, 0.3) is 0 Å². The molecule has 5 nitrogen and oxygen atoms in total. The SMILES string of the molecule is CC(C)OCCOc1ccc(C(N)=O)cc1N. The topological polar surface area (TPSA) is 87.6 Å². The fraction of sp³-hybridized carbons (Fsp3) is 0.417. The first-order valence-corrected chi connectivity index (χ1v) is 5.44. The van der Waals surface area contributed by atoms with E-state index in [1.54, 1.807) is 12.1 Å². The van der Waals surface area contributed by atoms with Gasteiger partial charge in [0.15, 0.2) is 0 Å². The predicted molar refractivity (Wildman–Crippen MR) is 66.0 cm³/mol. The van der Waals surface area contributed by atoms with Crippen LogP contribution >= 0.6 is 0 Å². The second-order valence-electron chi connectivity index (χ2n) is 3.88. The van der Waals surface area contributed by atoms with E-state index in [0.29, 0.717) is 30.2 Å². The number of rotatable bonds is 6. The molecule has 0 saturated heterocycles. The Hall–Kier alpha value is -1.75. The number of benzene rings is 1. The van der Waals surface area contributed by atoms with Gasteiger partial charge in [-0.15, -0.1) is 0 Å². The molecule has 17 heavy (non-hydrogen) atoms. The zero-order valence-electron chi connectivity index (χ0n) is 10.1. The number of nitrogens with two attached hydrogens (primary N) is 2. The molecule has 0 aliphatic heterocycles. The lowest BCUT2D eigenvalue weighted by Crippen LogP contribution is -2.13.